The van der Waals surface area contributed by atoms with Gasteiger partial charge in [0.15, 0.2) is 9.84 Å². The van der Waals surface area contributed by atoms with Gasteiger partial charge >= 0.3 is 0 Å². The molecular formula is C12H20N2O3S. The topological polar surface area (TPSA) is 72.2 Å². The molecule has 1 aliphatic heterocycles. The molecule has 0 aliphatic carbocycles. The maximum Gasteiger partial charge on any atom is 0.150 e. The Morgan fingerprint density at radius 1 is 1.61 bits per heavy atom. The Bertz CT molecular complexity index is 495. The molecule has 6 heteroatoms. The van der Waals surface area contributed by atoms with Gasteiger partial charge in [-0.25, -0.2) is 13.4 Å². The number of aromatic nitrogens is 2. The lowest BCUT2D eigenvalue weighted by molar-refractivity contribution is 0.143. The number of aryl methyl sites for hydroxylation is 1. The highest BCUT2D eigenvalue weighted by Gasteiger charge is 2.29. The van der Waals surface area contributed by atoms with Crippen LogP contribution in [-0.2, 0) is 22.8 Å². The Morgan fingerprint density at radius 2 is 2.39 bits per heavy atom. The highest BCUT2D eigenvalue weighted by molar-refractivity contribution is 7.91. The van der Waals surface area contributed by atoms with Crippen molar-refractivity contribution in [3.05, 3.63) is 18.2 Å². The standard InChI is InChI=1S/C12H20N2O3S/c1-2-14-5-4-13-12(14)8-11(15)7-10-3-6-18(16,17)9-10/h4-5,10-11,15H,2-3,6-9H2,1H3. The fourth-order valence-electron chi connectivity index (χ4n) is 2.55. The van der Waals surface area contributed by atoms with E-state index in [4.69, 9.17) is 0 Å². The fourth-order valence-corrected chi connectivity index (χ4v) is 4.43. The zero-order valence-corrected chi connectivity index (χ0v) is 11.4. The summed E-state index contributed by atoms with van der Waals surface area (Å²) in [6, 6.07) is 0. The first-order valence-electron chi connectivity index (χ1n) is 6.38. The van der Waals surface area contributed by atoms with Crippen molar-refractivity contribution in [1.29, 1.82) is 0 Å². The monoisotopic (exact) mass is 272 g/mol. The quantitative estimate of drug-likeness (QED) is 0.853. The lowest BCUT2D eigenvalue weighted by Crippen LogP contribution is -2.19. The summed E-state index contributed by atoms with van der Waals surface area (Å²) >= 11 is 0. The van der Waals surface area contributed by atoms with Crippen LogP contribution in [-0.4, -0.2) is 40.7 Å². The molecular weight excluding hydrogens is 252 g/mol. The van der Waals surface area contributed by atoms with Crippen LogP contribution in [0.5, 0.6) is 0 Å². The van der Waals surface area contributed by atoms with Crippen molar-refractivity contribution in [3.8, 4) is 0 Å². The molecule has 1 aliphatic rings. The Hall–Kier alpha value is -0.880. The zero-order valence-electron chi connectivity index (χ0n) is 10.6. The van der Waals surface area contributed by atoms with Gasteiger partial charge in [-0.2, -0.15) is 0 Å². The van der Waals surface area contributed by atoms with Gasteiger partial charge in [-0.15, -0.1) is 0 Å². The van der Waals surface area contributed by atoms with Crippen molar-refractivity contribution in [2.75, 3.05) is 11.5 Å². The number of rotatable bonds is 5. The Labute approximate surface area is 108 Å². The van der Waals surface area contributed by atoms with Crippen LogP contribution < -0.4 is 0 Å². The van der Waals surface area contributed by atoms with Gasteiger partial charge in [-0.05, 0) is 25.7 Å². The lowest BCUT2D eigenvalue weighted by Gasteiger charge is -2.14. The third-order valence-corrected chi connectivity index (χ3v) is 5.33. The molecule has 0 amide bonds. The summed E-state index contributed by atoms with van der Waals surface area (Å²) in [4.78, 5) is 4.21. The SMILES string of the molecule is CCn1ccnc1CC(O)CC1CCS(=O)(=O)C1. The second kappa shape index (κ2) is 5.40. The first-order chi connectivity index (χ1) is 8.50. The summed E-state index contributed by atoms with van der Waals surface area (Å²) in [6.45, 7) is 2.86. The van der Waals surface area contributed by atoms with Crippen LogP contribution in [0.2, 0.25) is 0 Å². The summed E-state index contributed by atoms with van der Waals surface area (Å²) in [5.74, 6) is 1.47. The smallest absolute Gasteiger partial charge is 0.150 e. The minimum atomic E-state index is -2.85. The van der Waals surface area contributed by atoms with Crippen LogP contribution in [0.3, 0.4) is 0 Å². The third-order valence-electron chi connectivity index (χ3n) is 3.49. The number of nitrogens with zero attached hydrogens (tertiary/aromatic N) is 2. The van der Waals surface area contributed by atoms with E-state index in [0.29, 0.717) is 19.3 Å². The van der Waals surface area contributed by atoms with Crippen molar-refractivity contribution < 1.29 is 13.5 Å². The van der Waals surface area contributed by atoms with E-state index in [0.717, 1.165) is 12.4 Å². The maximum absolute atomic E-state index is 11.3. The van der Waals surface area contributed by atoms with Crippen molar-refractivity contribution in [2.45, 2.75) is 38.8 Å². The summed E-state index contributed by atoms with van der Waals surface area (Å²) in [5, 5.41) is 10.0. The Balaban J connectivity index is 1.88. The van der Waals surface area contributed by atoms with Crippen molar-refractivity contribution >= 4 is 9.84 Å². The first kappa shape index (κ1) is 13.5. The molecule has 18 heavy (non-hydrogen) atoms. The van der Waals surface area contributed by atoms with Crippen LogP contribution in [0.1, 0.15) is 25.6 Å². The predicted molar refractivity (Wildman–Crippen MR) is 69.0 cm³/mol. The third kappa shape index (κ3) is 3.32. The fraction of sp³-hybridized carbons (Fsp3) is 0.750. The molecule has 2 rings (SSSR count). The van der Waals surface area contributed by atoms with Crippen LogP contribution in [0.25, 0.3) is 0 Å². The molecule has 0 bridgehead atoms. The van der Waals surface area contributed by atoms with E-state index in [1.54, 1.807) is 6.20 Å². The van der Waals surface area contributed by atoms with E-state index in [1.807, 2.05) is 17.7 Å². The number of sulfone groups is 1. The van der Waals surface area contributed by atoms with Crippen LogP contribution in [0, 0.1) is 5.92 Å². The van der Waals surface area contributed by atoms with Gasteiger partial charge < -0.3 is 9.67 Å². The molecule has 1 saturated heterocycles. The highest BCUT2D eigenvalue weighted by atomic mass is 32.2. The zero-order chi connectivity index (χ0) is 13.2. The normalized spacial score (nSPS) is 24.2. The molecule has 0 spiro atoms. The summed E-state index contributed by atoms with van der Waals surface area (Å²) in [6.07, 6.45) is 4.85. The highest BCUT2D eigenvalue weighted by Crippen LogP contribution is 2.23. The molecule has 5 nitrogen and oxygen atoms in total. The van der Waals surface area contributed by atoms with E-state index in [2.05, 4.69) is 4.98 Å². The molecule has 1 aromatic heterocycles. The minimum absolute atomic E-state index is 0.107. The molecule has 2 unspecified atom stereocenters. The number of hydrogen-bond acceptors (Lipinski definition) is 4. The maximum atomic E-state index is 11.3. The second-order valence-corrected chi connectivity index (χ2v) is 7.22. The molecule has 0 aromatic carbocycles. The molecule has 2 heterocycles. The van der Waals surface area contributed by atoms with E-state index in [-0.39, 0.29) is 17.4 Å². The van der Waals surface area contributed by atoms with Crippen LogP contribution >= 0.6 is 0 Å². The molecule has 0 radical (unpaired) electrons. The molecule has 0 saturated carbocycles. The minimum Gasteiger partial charge on any atom is -0.393 e. The van der Waals surface area contributed by atoms with Gasteiger partial charge in [-0.1, -0.05) is 0 Å². The van der Waals surface area contributed by atoms with Gasteiger partial charge in [-0.3, -0.25) is 0 Å². The first-order valence-corrected chi connectivity index (χ1v) is 8.21. The molecule has 1 N–H and O–H groups in total. The average Bonchev–Trinajstić information content (AvgIpc) is 2.85. The van der Waals surface area contributed by atoms with Crippen molar-refractivity contribution in [1.82, 2.24) is 9.55 Å². The number of hydrogen-bond donors (Lipinski definition) is 1. The molecule has 1 aromatic rings. The van der Waals surface area contributed by atoms with E-state index >= 15 is 0 Å². The van der Waals surface area contributed by atoms with E-state index < -0.39 is 15.9 Å². The average molecular weight is 272 g/mol. The second-order valence-electron chi connectivity index (χ2n) is 4.99. The van der Waals surface area contributed by atoms with Crippen LogP contribution in [0.4, 0.5) is 0 Å². The Morgan fingerprint density at radius 3 is 3.00 bits per heavy atom. The van der Waals surface area contributed by atoms with Gasteiger partial charge in [0, 0.05) is 25.4 Å². The van der Waals surface area contributed by atoms with Gasteiger partial charge in [0.1, 0.15) is 5.82 Å². The van der Waals surface area contributed by atoms with E-state index in [1.165, 1.54) is 0 Å². The van der Waals surface area contributed by atoms with Gasteiger partial charge in [0.2, 0.25) is 0 Å². The predicted octanol–water partition coefficient (Wildman–Crippen LogP) is 0.631. The summed E-state index contributed by atoms with van der Waals surface area (Å²) in [5.41, 5.74) is 0. The van der Waals surface area contributed by atoms with Crippen molar-refractivity contribution in [2.24, 2.45) is 5.92 Å². The van der Waals surface area contributed by atoms with Gasteiger partial charge in [0.25, 0.3) is 0 Å². The summed E-state index contributed by atoms with van der Waals surface area (Å²) in [7, 11) is -2.85. The van der Waals surface area contributed by atoms with E-state index in [9.17, 15) is 13.5 Å². The molecule has 2 atom stereocenters. The van der Waals surface area contributed by atoms with Gasteiger partial charge in [0.05, 0.1) is 17.6 Å². The number of imidazole rings is 1. The lowest BCUT2D eigenvalue weighted by atomic mass is 9.99. The number of aliphatic hydroxyl groups excluding tert-OH is 1. The molecule has 1 fully saturated rings. The number of aliphatic hydroxyl groups is 1. The largest absolute Gasteiger partial charge is 0.393 e. The molecule has 102 valence electrons. The van der Waals surface area contributed by atoms with Crippen LogP contribution in [0.15, 0.2) is 12.4 Å². The Kier molecular flexibility index (Phi) is 4.07. The summed E-state index contributed by atoms with van der Waals surface area (Å²) < 4.78 is 24.7. The van der Waals surface area contributed by atoms with Crippen molar-refractivity contribution in [3.63, 3.8) is 0 Å².